The first-order valence-electron chi connectivity index (χ1n) is 16.9. The van der Waals surface area contributed by atoms with Gasteiger partial charge < -0.3 is 20.9 Å². The summed E-state index contributed by atoms with van der Waals surface area (Å²) >= 11 is 0. The lowest BCUT2D eigenvalue weighted by molar-refractivity contribution is 0.318. The van der Waals surface area contributed by atoms with E-state index in [0.29, 0.717) is 36.9 Å². The zero-order chi connectivity index (χ0) is 33.9. The summed E-state index contributed by atoms with van der Waals surface area (Å²) in [7, 11) is 1.92. The summed E-state index contributed by atoms with van der Waals surface area (Å²) in [6.07, 6.45) is 8.71. The number of aromatic nitrogens is 3. The standard InChI is InChI=1S/C37H57F2N7/c1-9-12-13-21-41-22-23-42-24-28(10-2)46-25-27(17-20-33(46)43-11-3)30-18-19-32(38)34(39)31(30)16-14-15-29-26(4)45(8)44-35(29)36(40)37(5,6)7/h9,17-20,25,28,36,41-42H,1,10-16,21-24,40H2,2-8H3. The topological polar surface area (TPSA) is 85.2 Å². The molecule has 0 aliphatic carbocycles. The Labute approximate surface area is 275 Å². The maximum atomic E-state index is 15.5. The largest absolute Gasteiger partial charge is 0.328 e. The van der Waals surface area contributed by atoms with E-state index in [1.807, 2.05) is 43.8 Å². The summed E-state index contributed by atoms with van der Waals surface area (Å²) < 4.78 is 34.2. The maximum Gasteiger partial charge on any atom is 0.162 e. The molecule has 0 saturated carbocycles. The van der Waals surface area contributed by atoms with Gasteiger partial charge in [-0.25, -0.2) is 8.78 Å². The van der Waals surface area contributed by atoms with Crippen molar-refractivity contribution < 1.29 is 8.78 Å². The Hall–Kier alpha value is -3.14. The molecule has 0 radical (unpaired) electrons. The van der Waals surface area contributed by atoms with Crippen molar-refractivity contribution in [1.82, 2.24) is 25.0 Å². The summed E-state index contributed by atoms with van der Waals surface area (Å²) in [5.74, 6) is -1.61. The molecule has 1 aromatic carbocycles. The summed E-state index contributed by atoms with van der Waals surface area (Å²) in [4.78, 5) is 4.75. The molecule has 46 heavy (non-hydrogen) atoms. The van der Waals surface area contributed by atoms with E-state index >= 15 is 4.39 Å². The Morgan fingerprint density at radius 1 is 1.02 bits per heavy atom. The maximum absolute atomic E-state index is 15.5. The van der Waals surface area contributed by atoms with E-state index in [-0.39, 0.29) is 17.5 Å². The molecule has 0 aliphatic heterocycles. The van der Waals surface area contributed by atoms with E-state index in [4.69, 9.17) is 15.8 Å². The first kappa shape index (κ1) is 37.3. The van der Waals surface area contributed by atoms with E-state index in [1.165, 1.54) is 6.07 Å². The molecule has 2 atom stereocenters. The molecule has 0 saturated heterocycles. The van der Waals surface area contributed by atoms with Crippen LogP contribution in [0.2, 0.25) is 0 Å². The Morgan fingerprint density at radius 2 is 1.74 bits per heavy atom. The minimum atomic E-state index is -0.828. The summed E-state index contributed by atoms with van der Waals surface area (Å²) in [6, 6.07) is 6.82. The summed E-state index contributed by atoms with van der Waals surface area (Å²) in [5.41, 5.74) is 12.3. The number of halogens is 2. The fourth-order valence-electron chi connectivity index (χ4n) is 5.83. The lowest BCUT2D eigenvalue weighted by Gasteiger charge is -2.26. The zero-order valence-corrected chi connectivity index (χ0v) is 29.2. The first-order valence-corrected chi connectivity index (χ1v) is 16.9. The highest BCUT2D eigenvalue weighted by atomic mass is 19.2. The number of nitrogens with one attached hydrogen (secondary N) is 2. The van der Waals surface area contributed by atoms with Crippen LogP contribution < -0.4 is 21.9 Å². The average Bonchev–Trinajstić information content (AvgIpc) is 3.30. The van der Waals surface area contributed by atoms with Crippen molar-refractivity contribution in [3.05, 3.63) is 82.8 Å². The lowest BCUT2D eigenvalue weighted by atomic mass is 9.83. The SMILES string of the molecule is C=CCCCNCCNCC(CC)n1cc(-c2ccc(F)c(F)c2CCCc2c(C(N)C(C)(C)C)nn(C)c2C)ccc1=NCC. The number of aryl methyl sites for hydroxylation is 1. The highest BCUT2D eigenvalue weighted by molar-refractivity contribution is 5.67. The number of nitrogens with zero attached hydrogens (tertiary/aromatic N) is 4. The normalized spacial score (nSPS) is 13.7. The minimum Gasteiger partial charge on any atom is -0.328 e. The van der Waals surface area contributed by atoms with Crippen molar-refractivity contribution in [3.8, 4) is 11.1 Å². The molecule has 0 fully saturated rings. The molecule has 0 aliphatic rings. The highest BCUT2D eigenvalue weighted by Gasteiger charge is 2.28. The van der Waals surface area contributed by atoms with Crippen LogP contribution in [-0.2, 0) is 19.9 Å². The lowest BCUT2D eigenvalue weighted by Crippen LogP contribution is -2.35. The van der Waals surface area contributed by atoms with Crippen LogP contribution in [0.15, 0.2) is 48.1 Å². The van der Waals surface area contributed by atoms with Crippen LogP contribution in [0.1, 0.15) is 94.9 Å². The molecule has 9 heteroatoms. The second kappa shape index (κ2) is 17.7. The van der Waals surface area contributed by atoms with Gasteiger partial charge in [-0.1, -0.05) is 39.8 Å². The number of nitrogens with two attached hydrogens (primary N) is 1. The number of pyridine rings is 1. The smallest absolute Gasteiger partial charge is 0.162 e. The fraction of sp³-hybridized carbons (Fsp3) is 0.568. The molecule has 0 spiro atoms. The van der Waals surface area contributed by atoms with Gasteiger partial charge >= 0.3 is 0 Å². The van der Waals surface area contributed by atoms with Gasteiger partial charge in [-0.05, 0) is 105 Å². The quantitative estimate of drug-likeness (QED) is 0.107. The molecule has 0 amide bonds. The monoisotopic (exact) mass is 637 g/mol. The molecule has 2 unspecified atom stereocenters. The zero-order valence-electron chi connectivity index (χ0n) is 29.2. The van der Waals surface area contributed by atoms with Crippen molar-refractivity contribution in [2.75, 3.05) is 32.7 Å². The fourth-order valence-corrected chi connectivity index (χ4v) is 5.83. The van der Waals surface area contributed by atoms with Crippen molar-refractivity contribution in [2.45, 2.75) is 92.2 Å². The van der Waals surface area contributed by atoms with Crippen LogP contribution in [-0.4, -0.2) is 47.1 Å². The van der Waals surface area contributed by atoms with Crippen LogP contribution >= 0.6 is 0 Å². The predicted octanol–water partition coefficient (Wildman–Crippen LogP) is 6.71. The third-order valence-corrected chi connectivity index (χ3v) is 8.84. The minimum absolute atomic E-state index is 0.152. The van der Waals surface area contributed by atoms with Gasteiger partial charge in [0.15, 0.2) is 11.6 Å². The number of hydrogen-bond acceptors (Lipinski definition) is 5. The summed E-state index contributed by atoms with van der Waals surface area (Å²) in [6.45, 7) is 20.5. The first-order chi connectivity index (χ1) is 21.9. The van der Waals surface area contributed by atoms with E-state index in [9.17, 15) is 4.39 Å². The average molecular weight is 638 g/mol. The van der Waals surface area contributed by atoms with Gasteiger partial charge in [-0.15, -0.1) is 6.58 Å². The number of hydrogen-bond donors (Lipinski definition) is 3. The second-order valence-corrected chi connectivity index (χ2v) is 13.3. The third kappa shape index (κ3) is 9.69. The highest BCUT2D eigenvalue weighted by Crippen LogP contribution is 2.34. The molecule has 2 aromatic heterocycles. The number of unbranched alkanes of at least 4 members (excludes halogenated alkanes) is 1. The Morgan fingerprint density at radius 3 is 2.41 bits per heavy atom. The third-order valence-electron chi connectivity index (χ3n) is 8.84. The van der Waals surface area contributed by atoms with Gasteiger partial charge in [0.1, 0.15) is 5.49 Å². The van der Waals surface area contributed by atoms with Crippen molar-refractivity contribution in [2.24, 2.45) is 23.2 Å². The Balaban J connectivity index is 1.86. The van der Waals surface area contributed by atoms with Crippen LogP contribution in [0, 0.1) is 24.0 Å². The molecule has 3 rings (SSSR count). The molecule has 7 nitrogen and oxygen atoms in total. The van der Waals surface area contributed by atoms with Gasteiger partial charge in [0.2, 0.25) is 0 Å². The molecule has 0 bridgehead atoms. The Kier molecular flexibility index (Phi) is 14.3. The van der Waals surface area contributed by atoms with Crippen molar-refractivity contribution >= 4 is 0 Å². The van der Waals surface area contributed by atoms with Crippen LogP contribution in [0.3, 0.4) is 0 Å². The number of rotatable bonds is 18. The molecular formula is C37H57F2N7. The molecule has 254 valence electrons. The van der Waals surface area contributed by atoms with Gasteiger partial charge in [0.05, 0.1) is 11.7 Å². The van der Waals surface area contributed by atoms with Crippen LogP contribution in [0.5, 0.6) is 0 Å². The molecule has 2 heterocycles. The number of benzene rings is 1. The van der Waals surface area contributed by atoms with Crippen LogP contribution in [0.4, 0.5) is 8.78 Å². The number of allylic oxidation sites excluding steroid dienone is 1. The van der Waals surface area contributed by atoms with Gasteiger partial charge in [0, 0.05) is 51.2 Å². The van der Waals surface area contributed by atoms with Crippen molar-refractivity contribution in [1.29, 1.82) is 0 Å². The molecule has 4 N–H and O–H groups in total. The summed E-state index contributed by atoms with van der Waals surface area (Å²) in [5, 5.41) is 11.8. The molecular weight excluding hydrogens is 580 g/mol. The predicted molar refractivity (Wildman–Crippen MR) is 187 cm³/mol. The van der Waals surface area contributed by atoms with E-state index in [2.05, 4.69) is 55.7 Å². The molecule has 3 aromatic rings. The van der Waals surface area contributed by atoms with E-state index < -0.39 is 11.6 Å². The van der Waals surface area contributed by atoms with Gasteiger partial charge in [-0.2, -0.15) is 5.10 Å². The van der Waals surface area contributed by atoms with E-state index in [1.54, 1.807) is 6.07 Å². The Bertz CT molecular complexity index is 1480. The van der Waals surface area contributed by atoms with Gasteiger partial charge in [0.25, 0.3) is 0 Å². The van der Waals surface area contributed by atoms with Crippen molar-refractivity contribution in [3.63, 3.8) is 0 Å². The van der Waals surface area contributed by atoms with E-state index in [0.717, 1.165) is 73.4 Å². The van der Waals surface area contributed by atoms with Gasteiger partial charge in [-0.3, -0.25) is 9.67 Å². The second-order valence-electron chi connectivity index (χ2n) is 13.3. The van der Waals surface area contributed by atoms with Crippen LogP contribution in [0.25, 0.3) is 11.1 Å².